The number of sulfonamides is 1. The van der Waals surface area contributed by atoms with Gasteiger partial charge in [0.05, 0.1) is 17.6 Å². The summed E-state index contributed by atoms with van der Waals surface area (Å²) in [5.41, 5.74) is 0.502. The summed E-state index contributed by atoms with van der Waals surface area (Å²) in [4.78, 5) is 18.7. The molecule has 7 nitrogen and oxygen atoms in total. The van der Waals surface area contributed by atoms with Crippen LogP contribution in [0.15, 0.2) is 34.2 Å². The Balaban J connectivity index is 1.83. The minimum atomic E-state index is -3.59. The van der Waals surface area contributed by atoms with Crippen LogP contribution in [-0.4, -0.2) is 56.9 Å². The third kappa shape index (κ3) is 3.09. The first-order valence-corrected chi connectivity index (χ1v) is 8.97. The summed E-state index contributed by atoms with van der Waals surface area (Å²) in [6.45, 7) is 5.14. The van der Waals surface area contributed by atoms with Gasteiger partial charge in [0, 0.05) is 18.7 Å². The molecule has 0 radical (unpaired) electrons. The first-order chi connectivity index (χ1) is 10.9. The Morgan fingerprint density at radius 3 is 2.91 bits per heavy atom. The second-order valence-corrected chi connectivity index (χ2v) is 7.37. The Hall–Kier alpha value is -1.93. The van der Waals surface area contributed by atoms with Gasteiger partial charge in [-0.2, -0.15) is 0 Å². The largest absolute Gasteiger partial charge is 0.375 e. The van der Waals surface area contributed by atoms with Crippen molar-refractivity contribution in [1.29, 1.82) is 0 Å². The average molecular weight is 337 g/mol. The van der Waals surface area contributed by atoms with Crippen molar-refractivity contribution in [1.82, 2.24) is 9.62 Å². The number of nitrogens with one attached hydrogen (secondary N) is 1. The molecule has 1 saturated heterocycles. The molecule has 0 aromatic heterocycles. The summed E-state index contributed by atoms with van der Waals surface area (Å²) in [6, 6.07) is 5.94. The van der Waals surface area contributed by atoms with Crippen LogP contribution in [0.3, 0.4) is 0 Å². The Morgan fingerprint density at radius 1 is 1.43 bits per heavy atom. The Kier molecular flexibility index (Phi) is 4.11. The zero-order valence-electron chi connectivity index (χ0n) is 13.0. The highest BCUT2D eigenvalue weighted by Gasteiger charge is 2.32. The third-order valence-corrected chi connectivity index (χ3v) is 5.29. The SMILES string of the molecule is CC1CN(C(=O)[C@H](C)N=C2NS(=O)(=O)c3ccccc32)CCO1. The molecule has 23 heavy (non-hydrogen) atoms. The highest BCUT2D eigenvalue weighted by Crippen LogP contribution is 2.22. The zero-order valence-corrected chi connectivity index (χ0v) is 13.8. The minimum absolute atomic E-state index is 0.00161. The smallest absolute Gasteiger partial charge is 0.263 e. The number of amidine groups is 1. The highest BCUT2D eigenvalue weighted by molar-refractivity contribution is 7.90. The van der Waals surface area contributed by atoms with Gasteiger partial charge in [-0.3, -0.25) is 14.5 Å². The number of ether oxygens (including phenoxy) is 1. The molecule has 2 aliphatic heterocycles. The van der Waals surface area contributed by atoms with Crippen LogP contribution in [-0.2, 0) is 19.6 Å². The molecule has 0 bridgehead atoms. The van der Waals surface area contributed by atoms with E-state index >= 15 is 0 Å². The summed E-state index contributed by atoms with van der Waals surface area (Å²) in [5.74, 6) is 0.0963. The van der Waals surface area contributed by atoms with Crippen LogP contribution < -0.4 is 4.72 Å². The lowest BCUT2D eigenvalue weighted by Gasteiger charge is -2.32. The Morgan fingerprint density at radius 2 is 2.17 bits per heavy atom. The lowest BCUT2D eigenvalue weighted by molar-refractivity contribution is -0.139. The van der Waals surface area contributed by atoms with Gasteiger partial charge in [0.1, 0.15) is 11.9 Å². The van der Waals surface area contributed by atoms with Crippen molar-refractivity contribution >= 4 is 21.8 Å². The molecular formula is C15H19N3O4S. The number of morpholine rings is 1. The van der Waals surface area contributed by atoms with Crippen LogP contribution in [0.2, 0.25) is 0 Å². The van der Waals surface area contributed by atoms with Crippen LogP contribution in [0, 0.1) is 0 Å². The van der Waals surface area contributed by atoms with Gasteiger partial charge >= 0.3 is 0 Å². The van der Waals surface area contributed by atoms with E-state index in [9.17, 15) is 13.2 Å². The molecule has 124 valence electrons. The van der Waals surface area contributed by atoms with E-state index in [0.717, 1.165) is 0 Å². The fourth-order valence-electron chi connectivity index (χ4n) is 2.76. The molecule has 0 spiro atoms. The standard InChI is InChI=1S/C15H19N3O4S/c1-10-9-18(7-8-22-10)15(19)11(2)16-14-12-5-3-4-6-13(12)23(20,21)17-14/h3-6,10-11H,7-9H2,1-2H3,(H,16,17)/t10?,11-/m0/s1. The summed E-state index contributed by atoms with van der Waals surface area (Å²) < 4.78 is 32.0. The molecule has 3 rings (SSSR count). The van der Waals surface area contributed by atoms with E-state index in [0.29, 0.717) is 25.3 Å². The highest BCUT2D eigenvalue weighted by atomic mass is 32.2. The number of carbonyl (C=O) groups excluding carboxylic acids is 1. The van der Waals surface area contributed by atoms with Crippen molar-refractivity contribution < 1.29 is 17.9 Å². The molecule has 1 aromatic rings. The maximum absolute atomic E-state index is 12.5. The van der Waals surface area contributed by atoms with E-state index in [1.165, 1.54) is 6.07 Å². The van der Waals surface area contributed by atoms with Crippen molar-refractivity contribution in [3.05, 3.63) is 29.8 Å². The van der Waals surface area contributed by atoms with E-state index in [4.69, 9.17) is 4.74 Å². The fraction of sp³-hybridized carbons (Fsp3) is 0.467. The van der Waals surface area contributed by atoms with Crippen molar-refractivity contribution in [2.45, 2.75) is 30.9 Å². The number of aliphatic imine (C=N–C) groups is 1. The topological polar surface area (TPSA) is 88.1 Å². The van der Waals surface area contributed by atoms with Gasteiger partial charge in [-0.25, -0.2) is 8.42 Å². The molecular weight excluding hydrogens is 318 g/mol. The molecule has 1 aromatic carbocycles. The first kappa shape index (κ1) is 15.9. The molecule has 2 heterocycles. The molecule has 0 aliphatic carbocycles. The predicted octanol–water partition coefficient (Wildman–Crippen LogP) is 0.361. The molecule has 0 saturated carbocycles. The fourth-order valence-corrected chi connectivity index (χ4v) is 4.00. The van der Waals surface area contributed by atoms with Gasteiger partial charge in [0.15, 0.2) is 0 Å². The van der Waals surface area contributed by atoms with Crippen LogP contribution in [0.4, 0.5) is 0 Å². The van der Waals surface area contributed by atoms with Crippen LogP contribution in [0.1, 0.15) is 19.4 Å². The van der Waals surface area contributed by atoms with Gasteiger partial charge < -0.3 is 9.64 Å². The van der Waals surface area contributed by atoms with E-state index in [1.54, 1.807) is 30.0 Å². The van der Waals surface area contributed by atoms with Gasteiger partial charge in [-0.15, -0.1) is 0 Å². The number of fused-ring (bicyclic) bond motifs is 1. The number of carbonyl (C=O) groups is 1. The zero-order chi connectivity index (χ0) is 16.6. The maximum Gasteiger partial charge on any atom is 0.263 e. The maximum atomic E-state index is 12.5. The number of rotatable bonds is 2. The van der Waals surface area contributed by atoms with Crippen LogP contribution >= 0.6 is 0 Å². The second-order valence-electron chi connectivity index (χ2n) is 5.72. The van der Waals surface area contributed by atoms with Crippen molar-refractivity contribution in [2.24, 2.45) is 4.99 Å². The first-order valence-electron chi connectivity index (χ1n) is 7.49. The van der Waals surface area contributed by atoms with E-state index < -0.39 is 16.1 Å². The molecule has 1 unspecified atom stereocenters. The Labute approximate surface area is 135 Å². The monoisotopic (exact) mass is 337 g/mol. The van der Waals surface area contributed by atoms with Crippen molar-refractivity contribution in [3.63, 3.8) is 0 Å². The van der Waals surface area contributed by atoms with Gasteiger partial charge in [0.25, 0.3) is 10.0 Å². The summed E-state index contributed by atoms with van der Waals surface area (Å²) in [6.07, 6.45) is -0.00161. The number of hydrogen-bond acceptors (Lipinski definition) is 5. The summed E-state index contributed by atoms with van der Waals surface area (Å²) >= 11 is 0. The van der Waals surface area contributed by atoms with Gasteiger partial charge in [-0.1, -0.05) is 12.1 Å². The summed E-state index contributed by atoms with van der Waals surface area (Å²) in [5, 5.41) is 0. The van der Waals surface area contributed by atoms with Gasteiger partial charge in [0.2, 0.25) is 5.91 Å². The molecule has 1 N–H and O–H groups in total. The van der Waals surface area contributed by atoms with E-state index in [1.807, 2.05) is 6.92 Å². The third-order valence-electron chi connectivity index (χ3n) is 3.90. The number of benzene rings is 1. The van der Waals surface area contributed by atoms with Crippen LogP contribution in [0.5, 0.6) is 0 Å². The Bertz CT molecular complexity index is 760. The molecule has 8 heteroatoms. The quantitative estimate of drug-likeness (QED) is 0.844. The van der Waals surface area contributed by atoms with Gasteiger partial charge in [-0.05, 0) is 26.0 Å². The predicted molar refractivity (Wildman–Crippen MR) is 84.8 cm³/mol. The number of nitrogens with zero attached hydrogens (tertiary/aromatic N) is 2. The van der Waals surface area contributed by atoms with Crippen LogP contribution in [0.25, 0.3) is 0 Å². The lowest BCUT2D eigenvalue weighted by Crippen LogP contribution is -2.47. The van der Waals surface area contributed by atoms with E-state index in [2.05, 4.69) is 9.71 Å². The minimum Gasteiger partial charge on any atom is -0.375 e. The lowest BCUT2D eigenvalue weighted by atomic mass is 10.2. The molecule has 1 fully saturated rings. The summed E-state index contributed by atoms with van der Waals surface area (Å²) in [7, 11) is -3.59. The molecule has 2 atom stereocenters. The number of amides is 1. The van der Waals surface area contributed by atoms with Crippen molar-refractivity contribution in [3.8, 4) is 0 Å². The second kappa shape index (κ2) is 5.93. The normalized spacial score (nSPS) is 25.7. The average Bonchev–Trinajstić information content (AvgIpc) is 2.78. The van der Waals surface area contributed by atoms with Crippen molar-refractivity contribution in [2.75, 3.05) is 19.7 Å². The van der Waals surface area contributed by atoms with E-state index in [-0.39, 0.29) is 22.7 Å². The molecule has 1 amide bonds. The number of hydrogen-bond donors (Lipinski definition) is 1. The molecule has 2 aliphatic rings.